The van der Waals surface area contributed by atoms with Crippen molar-refractivity contribution in [1.82, 2.24) is 0 Å². The van der Waals surface area contributed by atoms with Gasteiger partial charge in [0.25, 0.3) is 0 Å². The molecular weight excluding hydrogens is 584 g/mol. The van der Waals surface area contributed by atoms with E-state index in [1.807, 2.05) is 38.1 Å². The fraction of sp³-hybridized carbons (Fsp3) is 0.357. The molecule has 0 fully saturated rings. The maximum absolute atomic E-state index is 12.5. The van der Waals surface area contributed by atoms with Gasteiger partial charge >= 0.3 is 5.97 Å². The van der Waals surface area contributed by atoms with E-state index in [0.717, 1.165) is 63.3 Å². The van der Waals surface area contributed by atoms with Crippen molar-refractivity contribution in [3.05, 3.63) is 103 Å². The Balaban J connectivity index is 1.18. The molecule has 0 aliphatic carbocycles. The molecule has 5 nitrogen and oxygen atoms in total. The molecular formula is C42H48O5. The van der Waals surface area contributed by atoms with Crippen molar-refractivity contribution in [3.8, 4) is 39.3 Å². The van der Waals surface area contributed by atoms with Crippen LogP contribution in [-0.2, 0) is 9.47 Å². The maximum atomic E-state index is 12.5. The first-order valence-electron chi connectivity index (χ1n) is 17.3. The number of carbonyl (C=O) groups excluding carboxylic acids is 1. The molecule has 4 aromatic carbocycles. The first-order valence-corrected chi connectivity index (χ1v) is 17.3. The fourth-order valence-corrected chi connectivity index (χ4v) is 5.81. The second-order valence-electron chi connectivity index (χ2n) is 12.2. The third kappa shape index (κ3) is 9.59. The van der Waals surface area contributed by atoms with Gasteiger partial charge in [-0.3, -0.25) is 0 Å². The molecule has 1 heterocycles. The van der Waals surface area contributed by atoms with Gasteiger partial charge in [-0.05, 0) is 78.9 Å². The van der Waals surface area contributed by atoms with Crippen molar-refractivity contribution in [2.24, 2.45) is 0 Å². The molecule has 47 heavy (non-hydrogen) atoms. The van der Waals surface area contributed by atoms with Gasteiger partial charge in [0, 0.05) is 17.6 Å². The lowest BCUT2D eigenvalue weighted by molar-refractivity contribution is 0.00439. The first-order chi connectivity index (χ1) is 23.1. The van der Waals surface area contributed by atoms with E-state index >= 15 is 0 Å². The number of fused-ring (bicyclic) bond motifs is 1. The highest BCUT2D eigenvalue weighted by Crippen LogP contribution is 2.36. The minimum absolute atomic E-state index is 0.293. The Morgan fingerprint density at radius 3 is 2.00 bits per heavy atom. The summed E-state index contributed by atoms with van der Waals surface area (Å²) in [6.45, 7) is 7.76. The molecule has 5 heteroatoms. The largest absolute Gasteiger partial charge is 0.494 e. The number of hydrogen-bond donors (Lipinski definition) is 0. The van der Waals surface area contributed by atoms with Gasteiger partial charge in [0.2, 0.25) is 0 Å². The van der Waals surface area contributed by atoms with Gasteiger partial charge in [-0.25, -0.2) is 4.79 Å². The van der Waals surface area contributed by atoms with Crippen molar-refractivity contribution < 1.29 is 23.4 Å². The Kier molecular flexibility index (Phi) is 12.7. The second-order valence-corrected chi connectivity index (χ2v) is 12.2. The van der Waals surface area contributed by atoms with Gasteiger partial charge in [-0.15, -0.1) is 0 Å². The van der Waals surface area contributed by atoms with Crippen molar-refractivity contribution in [3.63, 3.8) is 0 Å². The molecule has 5 aromatic rings. The molecule has 246 valence electrons. The molecule has 0 aliphatic rings. The van der Waals surface area contributed by atoms with E-state index < -0.39 is 0 Å². The molecule has 5 rings (SSSR count). The average Bonchev–Trinajstić information content (AvgIpc) is 3.55. The van der Waals surface area contributed by atoms with E-state index in [4.69, 9.17) is 18.6 Å². The summed E-state index contributed by atoms with van der Waals surface area (Å²) in [6.07, 6.45) is 10.1. The molecule has 0 spiro atoms. The van der Waals surface area contributed by atoms with Crippen LogP contribution in [0.5, 0.6) is 5.75 Å². The van der Waals surface area contributed by atoms with Crippen LogP contribution in [-0.4, -0.2) is 31.9 Å². The number of rotatable bonds is 18. The Bertz CT molecular complexity index is 1670. The summed E-state index contributed by atoms with van der Waals surface area (Å²) in [5.41, 5.74) is 6.72. The first kappa shape index (κ1) is 34.0. The van der Waals surface area contributed by atoms with Crippen molar-refractivity contribution in [2.75, 3.05) is 19.8 Å². The van der Waals surface area contributed by atoms with Crippen LogP contribution < -0.4 is 4.74 Å². The standard InChI is InChI=1S/C42H48O5/c1-4-6-7-8-9-10-11-12-28-45-37-26-24-34(25-27-37)38-14-13-15-40-39(38)29-41(47-40)35-20-16-32(17-21-35)33-18-22-36(23-19-33)42(43)46-31(3)30-44-5-2/h13-27,29,31H,4-12,28,30H2,1-3H3. The summed E-state index contributed by atoms with van der Waals surface area (Å²) in [5, 5.41) is 1.08. The van der Waals surface area contributed by atoms with Crippen LogP contribution in [0.25, 0.3) is 44.5 Å². The van der Waals surface area contributed by atoms with E-state index in [2.05, 4.69) is 67.6 Å². The number of furan rings is 1. The molecule has 1 unspecified atom stereocenters. The van der Waals surface area contributed by atoms with Crippen LogP contribution in [0, 0.1) is 0 Å². The molecule has 1 atom stereocenters. The van der Waals surface area contributed by atoms with Gasteiger partial charge in [0.15, 0.2) is 0 Å². The molecule has 0 radical (unpaired) electrons. The van der Waals surface area contributed by atoms with Crippen molar-refractivity contribution >= 4 is 16.9 Å². The molecule has 1 aromatic heterocycles. The number of esters is 1. The van der Waals surface area contributed by atoms with Gasteiger partial charge in [0.1, 0.15) is 23.2 Å². The van der Waals surface area contributed by atoms with Gasteiger partial charge in [-0.1, -0.05) is 113 Å². The van der Waals surface area contributed by atoms with E-state index in [9.17, 15) is 4.79 Å². The second kappa shape index (κ2) is 17.5. The number of benzene rings is 4. The predicted octanol–water partition coefficient (Wildman–Crippen LogP) is 11.5. The van der Waals surface area contributed by atoms with E-state index in [1.54, 1.807) is 12.1 Å². The van der Waals surface area contributed by atoms with E-state index in [0.29, 0.717) is 18.8 Å². The number of hydrogen-bond acceptors (Lipinski definition) is 5. The van der Waals surface area contributed by atoms with Crippen LogP contribution in [0.3, 0.4) is 0 Å². The molecule has 0 saturated carbocycles. The summed E-state index contributed by atoms with van der Waals surface area (Å²) < 4.78 is 23.2. The summed E-state index contributed by atoms with van der Waals surface area (Å²) in [6, 6.07) is 32.5. The number of carbonyl (C=O) groups is 1. The lowest BCUT2D eigenvalue weighted by Gasteiger charge is -2.13. The summed E-state index contributed by atoms with van der Waals surface area (Å²) in [7, 11) is 0. The third-order valence-electron chi connectivity index (χ3n) is 8.48. The number of ether oxygens (including phenoxy) is 3. The monoisotopic (exact) mass is 632 g/mol. The predicted molar refractivity (Wildman–Crippen MR) is 192 cm³/mol. The summed E-state index contributed by atoms with van der Waals surface area (Å²) in [5.74, 6) is 1.39. The third-order valence-corrected chi connectivity index (χ3v) is 8.48. The molecule has 0 saturated heterocycles. The Morgan fingerprint density at radius 2 is 1.32 bits per heavy atom. The highest BCUT2D eigenvalue weighted by atomic mass is 16.6. The van der Waals surface area contributed by atoms with Gasteiger partial charge < -0.3 is 18.6 Å². The highest BCUT2D eigenvalue weighted by molar-refractivity contribution is 5.96. The molecule has 0 amide bonds. The zero-order valence-corrected chi connectivity index (χ0v) is 28.1. The molecule has 0 aliphatic heterocycles. The Labute approximate surface area is 279 Å². The summed E-state index contributed by atoms with van der Waals surface area (Å²) >= 11 is 0. The van der Waals surface area contributed by atoms with E-state index in [-0.39, 0.29) is 12.1 Å². The zero-order chi connectivity index (χ0) is 32.8. The number of unbranched alkanes of at least 4 members (excludes halogenated alkanes) is 7. The Hall–Kier alpha value is -4.35. The topological polar surface area (TPSA) is 57.9 Å². The lowest BCUT2D eigenvalue weighted by Crippen LogP contribution is -2.20. The average molecular weight is 633 g/mol. The maximum Gasteiger partial charge on any atom is 0.338 e. The summed E-state index contributed by atoms with van der Waals surface area (Å²) in [4.78, 5) is 12.5. The SMILES string of the molecule is CCCCCCCCCCOc1ccc(-c2cccc3oc(-c4ccc(-c5ccc(C(=O)OC(C)COCC)cc5)cc4)cc23)cc1. The molecule has 0 N–H and O–H groups in total. The van der Waals surface area contributed by atoms with Crippen molar-refractivity contribution in [1.29, 1.82) is 0 Å². The minimum Gasteiger partial charge on any atom is -0.494 e. The van der Waals surface area contributed by atoms with Crippen LogP contribution in [0.1, 0.15) is 82.5 Å². The molecule has 0 bridgehead atoms. The van der Waals surface area contributed by atoms with Crippen molar-refractivity contribution in [2.45, 2.75) is 78.2 Å². The lowest BCUT2D eigenvalue weighted by atomic mass is 10.00. The fourth-order valence-electron chi connectivity index (χ4n) is 5.81. The van der Waals surface area contributed by atoms with Gasteiger partial charge in [0.05, 0.1) is 18.8 Å². The van der Waals surface area contributed by atoms with Crippen LogP contribution >= 0.6 is 0 Å². The zero-order valence-electron chi connectivity index (χ0n) is 28.1. The normalized spacial score (nSPS) is 11.9. The Morgan fingerprint density at radius 1 is 0.702 bits per heavy atom. The smallest absolute Gasteiger partial charge is 0.338 e. The van der Waals surface area contributed by atoms with E-state index in [1.165, 1.54) is 44.9 Å². The quantitative estimate of drug-likeness (QED) is 0.0710. The van der Waals surface area contributed by atoms with Gasteiger partial charge in [-0.2, -0.15) is 0 Å². The minimum atomic E-state index is -0.346. The highest BCUT2D eigenvalue weighted by Gasteiger charge is 2.14. The van der Waals surface area contributed by atoms with Crippen LogP contribution in [0.15, 0.2) is 101 Å². The van der Waals surface area contributed by atoms with Crippen LogP contribution in [0.4, 0.5) is 0 Å². The van der Waals surface area contributed by atoms with Crippen LogP contribution in [0.2, 0.25) is 0 Å².